The lowest BCUT2D eigenvalue weighted by Crippen LogP contribution is -2.55. The Labute approximate surface area is 199 Å². The number of rotatable bonds is 8. The molecule has 15 heteroatoms. The third-order valence-corrected chi connectivity index (χ3v) is 5.35. The quantitative estimate of drug-likeness (QED) is 0.496. The smallest absolute Gasteiger partial charge is 0.416 e. The normalized spacial score (nSPS) is 17.3. The monoisotopic (exact) mass is 530 g/mol. The standard InChI is InChI=1S/C21H21F7N2O6/c22-9-16(31)14(8-17(32)33)29-18(34)15-3-1-2-6-30(15)19(35)36-10-11-4-5-12(20(23,24)25)7-13(11)21(26,27)28/h4-5,7,14-15H,1-3,6,8-10H2,(H,29,34)(H,32,33). The summed E-state index contributed by atoms with van der Waals surface area (Å²) in [6.45, 7) is -2.70. The maximum absolute atomic E-state index is 13.3. The molecule has 200 valence electrons. The lowest BCUT2D eigenvalue weighted by atomic mass is 10.0. The Balaban J connectivity index is 2.18. The predicted molar refractivity (Wildman–Crippen MR) is 106 cm³/mol. The van der Waals surface area contributed by atoms with Gasteiger partial charge in [-0.25, -0.2) is 9.18 Å². The van der Waals surface area contributed by atoms with Crippen molar-refractivity contribution >= 4 is 23.8 Å². The third kappa shape index (κ3) is 7.55. The molecule has 8 nitrogen and oxygen atoms in total. The number of benzene rings is 1. The average Bonchev–Trinajstić information content (AvgIpc) is 2.79. The first-order valence-electron chi connectivity index (χ1n) is 10.5. The Morgan fingerprint density at radius 2 is 1.75 bits per heavy atom. The van der Waals surface area contributed by atoms with Crippen molar-refractivity contribution in [3.8, 4) is 0 Å². The lowest BCUT2D eigenvalue weighted by molar-refractivity contribution is -0.144. The summed E-state index contributed by atoms with van der Waals surface area (Å²) >= 11 is 0. The Hall–Kier alpha value is -3.39. The molecule has 0 bridgehead atoms. The zero-order valence-electron chi connectivity index (χ0n) is 18.4. The fraction of sp³-hybridized carbons (Fsp3) is 0.524. The number of Topliss-reactive ketones (excluding diaryl/α,β-unsaturated/α-hetero) is 1. The minimum Gasteiger partial charge on any atom is -0.481 e. The van der Waals surface area contributed by atoms with E-state index >= 15 is 0 Å². The summed E-state index contributed by atoms with van der Waals surface area (Å²) in [4.78, 5) is 48.6. The molecule has 1 fully saturated rings. The molecule has 2 N–H and O–H groups in total. The van der Waals surface area contributed by atoms with Crippen LogP contribution in [0, 0.1) is 0 Å². The molecular weight excluding hydrogens is 509 g/mol. The van der Waals surface area contributed by atoms with Crippen LogP contribution in [-0.4, -0.2) is 59.1 Å². The first-order valence-corrected chi connectivity index (χ1v) is 10.5. The molecule has 2 atom stereocenters. The first-order chi connectivity index (χ1) is 16.6. The largest absolute Gasteiger partial charge is 0.481 e. The van der Waals surface area contributed by atoms with Crippen LogP contribution in [0.4, 0.5) is 35.5 Å². The van der Waals surface area contributed by atoms with Gasteiger partial charge in [0.15, 0.2) is 5.78 Å². The number of nitrogens with one attached hydrogen (secondary N) is 1. The van der Waals surface area contributed by atoms with E-state index in [0.717, 1.165) is 4.90 Å². The van der Waals surface area contributed by atoms with Gasteiger partial charge in [-0.2, -0.15) is 26.3 Å². The first kappa shape index (κ1) is 28.8. The fourth-order valence-corrected chi connectivity index (χ4v) is 3.57. The number of halogens is 7. The molecule has 2 rings (SSSR count). The van der Waals surface area contributed by atoms with Gasteiger partial charge in [-0.05, 0) is 31.4 Å². The van der Waals surface area contributed by atoms with E-state index in [9.17, 15) is 49.9 Å². The molecule has 0 aliphatic carbocycles. The number of carboxylic acids is 1. The molecule has 36 heavy (non-hydrogen) atoms. The maximum Gasteiger partial charge on any atom is 0.416 e. The Morgan fingerprint density at radius 1 is 1.08 bits per heavy atom. The minimum atomic E-state index is -5.18. The van der Waals surface area contributed by atoms with Gasteiger partial charge in [-0.15, -0.1) is 0 Å². The molecule has 2 unspecified atom stereocenters. The zero-order chi connectivity index (χ0) is 27.3. The second-order valence-corrected chi connectivity index (χ2v) is 7.89. The molecule has 0 saturated carbocycles. The average molecular weight is 530 g/mol. The van der Waals surface area contributed by atoms with Crippen molar-refractivity contribution in [3.05, 3.63) is 34.9 Å². The minimum absolute atomic E-state index is 0.0264. The summed E-state index contributed by atoms with van der Waals surface area (Å²) in [6.07, 6.45) is -11.6. The summed E-state index contributed by atoms with van der Waals surface area (Å²) in [7, 11) is 0. The SMILES string of the molecule is O=C(O)CC(NC(=O)C1CCCCN1C(=O)OCc1ccc(C(F)(F)F)cc1C(F)(F)F)C(=O)CF. The number of nitrogens with zero attached hydrogens (tertiary/aromatic N) is 1. The van der Waals surface area contributed by atoms with Crippen LogP contribution < -0.4 is 5.32 Å². The number of amides is 2. The molecule has 0 spiro atoms. The molecule has 1 saturated heterocycles. The van der Waals surface area contributed by atoms with Gasteiger partial charge in [0.1, 0.15) is 25.4 Å². The summed E-state index contributed by atoms with van der Waals surface area (Å²) in [6, 6.07) is -2.19. The van der Waals surface area contributed by atoms with Gasteiger partial charge in [0.2, 0.25) is 5.91 Å². The van der Waals surface area contributed by atoms with E-state index < -0.39 is 84.6 Å². The van der Waals surface area contributed by atoms with E-state index in [4.69, 9.17) is 9.84 Å². The highest BCUT2D eigenvalue weighted by molar-refractivity contribution is 5.94. The fourth-order valence-electron chi connectivity index (χ4n) is 3.57. The Kier molecular flexibility index (Phi) is 9.26. The number of carbonyl (C=O) groups excluding carboxylic acids is 3. The number of hydrogen-bond acceptors (Lipinski definition) is 5. The highest BCUT2D eigenvalue weighted by Crippen LogP contribution is 2.37. The van der Waals surface area contributed by atoms with Crippen LogP contribution in [0.5, 0.6) is 0 Å². The summed E-state index contributed by atoms with van der Waals surface area (Å²) in [5.41, 5.74) is -3.95. The van der Waals surface area contributed by atoms with Crippen molar-refractivity contribution in [1.82, 2.24) is 10.2 Å². The van der Waals surface area contributed by atoms with Gasteiger partial charge in [0.05, 0.1) is 17.5 Å². The van der Waals surface area contributed by atoms with Gasteiger partial charge in [-0.1, -0.05) is 6.07 Å². The van der Waals surface area contributed by atoms with E-state index in [2.05, 4.69) is 5.32 Å². The van der Waals surface area contributed by atoms with Gasteiger partial charge >= 0.3 is 24.4 Å². The van der Waals surface area contributed by atoms with Gasteiger partial charge in [0.25, 0.3) is 0 Å². The van der Waals surface area contributed by atoms with Gasteiger partial charge in [-0.3, -0.25) is 19.3 Å². The second kappa shape index (κ2) is 11.6. The number of ether oxygens (including phenoxy) is 1. The molecule has 1 heterocycles. The number of hydrogen-bond donors (Lipinski definition) is 2. The zero-order valence-corrected chi connectivity index (χ0v) is 18.4. The topological polar surface area (TPSA) is 113 Å². The van der Waals surface area contributed by atoms with E-state index in [-0.39, 0.29) is 19.0 Å². The van der Waals surface area contributed by atoms with Gasteiger partial charge < -0.3 is 15.2 Å². The summed E-state index contributed by atoms with van der Waals surface area (Å²) < 4.78 is 96.0. The van der Waals surface area contributed by atoms with Crippen LogP contribution >= 0.6 is 0 Å². The van der Waals surface area contributed by atoms with Crippen molar-refractivity contribution in [2.24, 2.45) is 0 Å². The van der Waals surface area contributed by atoms with E-state index in [0.29, 0.717) is 25.0 Å². The molecule has 0 radical (unpaired) electrons. The number of carbonyl (C=O) groups is 4. The van der Waals surface area contributed by atoms with E-state index in [1.54, 1.807) is 0 Å². The van der Waals surface area contributed by atoms with E-state index in [1.165, 1.54) is 0 Å². The number of piperidine rings is 1. The second-order valence-electron chi connectivity index (χ2n) is 7.89. The Morgan fingerprint density at radius 3 is 2.31 bits per heavy atom. The predicted octanol–water partition coefficient (Wildman–Crippen LogP) is 3.71. The lowest BCUT2D eigenvalue weighted by Gasteiger charge is -2.34. The van der Waals surface area contributed by atoms with E-state index in [1.807, 2.05) is 0 Å². The van der Waals surface area contributed by atoms with Crippen molar-refractivity contribution in [2.45, 2.75) is 56.7 Å². The molecule has 1 aliphatic heterocycles. The van der Waals surface area contributed by atoms with Crippen LogP contribution in [0.25, 0.3) is 0 Å². The van der Waals surface area contributed by atoms with Crippen molar-refractivity contribution in [1.29, 1.82) is 0 Å². The highest BCUT2D eigenvalue weighted by atomic mass is 19.4. The van der Waals surface area contributed by atoms with Crippen LogP contribution in [-0.2, 0) is 38.1 Å². The maximum atomic E-state index is 13.3. The molecule has 1 aromatic rings. The number of aliphatic carboxylic acids is 1. The highest BCUT2D eigenvalue weighted by Gasteiger charge is 2.39. The van der Waals surface area contributed by atoms with Crippen molar-refractivity contribution in [3.63, 3.8) is 0 Å². The van der Waals surface area contributed by atoms with Gasteiger partial charge in [0, 0.05) is 12.1 Å². The molecular formula is C21H21F7N2O6. The van der Waals surface area contributed by atoms with Crippen LogP contribution in [0.3, 0.4) is 0 Å². The summed E-state index contributed by atoms with van der Waals surface area (Å²) in [5, 5.41) is 10.9. The van der Waals surface area contributed by atoms with Crippen molar-refractivity contribution < 1.29 is 59.8 Å². The molecule has 1 aromatic carbocycles. The molecule has 0 aromatic heterocycles. The van der Waals surface area contributed by atoms with Crippen molar-refractivity contribution in [2.75, 3.05) is 13.2 Å². The van der Waals surface area contributed by atoms with Crippen LogP contribution in [0.1, 0.15) is 42.4 Å². The van der Waals surface area contributed by atoms with Crippen LogP contribution in [0.15, 0.2) is 18.2 Å². The Bertz CT molecular complexity index is 996. The summed E-state index contributed by atoms with van der Waals surface area (Å²) in [5.74, 6) is -3.71. The molecule has 1 aliphatic rings. The molecule has 2 amide bonds. The number of carboxylic acid groups (broad SMARTS) is 1. The number of ketones is 1. The number of alkyl halides is 7. The van der Waals surface area contributed by atoms with Crippen LogP contribution in [0.2, 0.25) is 0 Å². The number of likely N-dealkylation sites (tertiary alicyclic amines) is 1. The third-order valence-electron chi connectivity index (χ3n) is 5.35.